The number of amides is 3. The number of hydrogen-bond donors (Lipinski definition) is 1. The molecule has 0 radical (unpaired) electrons. The molecular formula is C28H33N3O8. The minimum atomic E-state index is -0.472. The number of aryl methyl sites for hydroxylation is 1. The number of carbonyl (C=O) groups is 2. The van der Waals surface area contributed by atoms with Crippen LogP contribution in [-0.2, 0) is 22.6 Å². The van der Waals surface area contributed by atoms with Gasteiger partial charge in [0.05, 0.1) is 33.1 Å². The zero-order valence-electron chi connectivity index (χ0n) is 22.5. The van der Waals surface area contributed by atoms with Gasteiger partial charge in [0.15, 0.2) is 11.5 Å². The van der Waals surface area contributed by atoms with Gasteiger partial charge in [0.1, 0.15) is 29.6 Å². The van der Waals surface area contributed by atoms with Gasteiger partial charge >= 0.3 is 6.03 Å². The fourth-order valence-electron chi connectivity index (χ4n) is 4.06. The first-order valence-electron chi connectivity index (χ1n) is 12.4. The van der Waals surface area contributed by atoms with E-state index in [0.717, 1.165) is 11.3 Å². The lowest BCUT2D eigenvalue weighted by Gasteiger charge is -2.27. The van der Waals surface area contributed by atoms with Crippen LogP contribution in [0.15, 0.2) is 52.9 Å². The number of furan rings is 1. The summed E-state index contributed by atoms with van der Waals surface area (Å²) in [7, 11) is 4.58. The smallest absolute Gasteiger partial charge is 0.322 e. The molecule has 0 bridgehead atoms. The van der Waals surface area contributed by atoms with Crippen LogP contribution in [0.25, 0.3) is 0 Å². The number of nitrogens with one attached hydrogen (secondary N) is 1. The molecule has 11 heteroatoms. The van der Waals surface area contributed by atoms with Crippen LogP contribution in [0.2, 0.25) is 0 Å². The van der Waals surface area contributed by atoms with E-state index in [9.17, 15) is 9.59 Å². The summed E-state index contributed by atoms with van der Waals surface area (Å²) >= 11 is 0. The molecule has 2 aromatic carbocycles. The normalized spacial score (nSPS) is 11.7. The van der Waals surface area contributed by atoms with Gasteiger partial charge in [0.25, 0.3) is 0 Å². The minimum absolute atomic E-state index is 0.162. The molecule has 0 saturated heterocycles. The Kier molecular flexibility index (Phi) is 9.16. The number of nitrogens with zero attached hydrogens (tertiary/aromatic N) is 2. The SMILES string of the molecule is COCCN(CC(=O)N(Cc1ccc2c(c1)OCO2)Cc1ccc(C)o1)C(=O)Nc1ccc(OC)cc1OC. The molecule has 0 aliphatic carbocycles. The monoisotopic (exact) mass is 539 g/mol. The molecule has 0 atom stereocenters. The van der Waals surface area contributed by atoms with Gasteiger partial charge in [-0.15, -0.1) is 0 Å². The molecule has 0 saturated carbocycles. The largest absolute Gasteiger partial charge is 0.497 e. The van der Waals surface area contributed by atoms with Gasteiger partial charge in [0, 0.05) is 26.3 Å². The lowest BCUT2D eigenvalue weighted by atomic mass is 10.2. The third-order valence-corrected chi connectivity index (χ3v) is 6.13. The molecule has 1 aliphatic heterocycles. The number of rotatable bonds is 12. The summed E-state index contributed by atoms with van der Waals surface area (Å²) in [6.07, 6.45) is 0. The van der Waals surface area contributed by atoms with Crippen LogP contribution in [0.1, 0.15) is 17.1 Å². The van der Waals surface area contributed by atoms with Gasteiger partial charge in [0.2, 0.25) is 12.7 Å². The molecule has 0 unspecified atom stereocenters. The third-order valence-electron chi connectivity index (χ3n) is 6.13. The molecule has 0 fully saturated rings. The Hall–Kier alpha value is -4.38. The van der Waals surface area contributed by atoms with Crippen molar-refractivity contribution in [2.24, 2.45) is 0 Å². The lowest BCUT2D eigenvalue weighted by Crippen LogP contribution is -2.45. The Morgan fingerprint density at radius 3 is 2.46 bits per heavy atom. The van der Waals surface area contributed by atoms with Crippen molar-refractivity contribution >= 4 is 17.6 Å². The van der Waals surface area contributed by atoms with Crippen molar-refractivity contribution in [3.05, 3.63) is 65.6 Å². The van der Waals surface area contributed by atoms with Gasteiger partial charge in [-0.1, -0.05) is 6.07 Å². The van der Waals surface area contributed by atoms with Crippen LogP contribution in [0.4, 0.5) is 10.5 Å². The molecule has 39 heavy (non-hydrogen) atoms. The van der Waals surface area contributed by atoms with Crippen molar-refractivity contribution in [1.29, 1.82) is 0 Å². The van der Waals surface area contributed by atoms with Crippen LogP contribution in [-0.4, -0.2) is 69.6 Å². The fraction of sp³-hybridized carbons (Fsp3) is 0.357. The van der Waals surface area contributed by atoms with E-state index >= 15 is 0 Å². The summed E-state index contributed by atoms with van der Waals surface area (Å²) in [5.41, 5.74) is 1.30. The molecule has 208 valence electrons. The van der Waals surface area contributed by atoms with Gasteiger partial charge in [-0.05, 0) is 48.9 Å². The first-order valence-corrected chi connectivity index (χ1v) is 12.4. The average molecular weight is 540 g/mol. The Morgan fingerprint density at radius 2 is 1.74 bits per heavy atom. The van der Waals surface area contributed by atoms with Crippen LogP contribution < -0.4 is 24.3 Å². The number of benzene rings is 2. The Morgan fingerprint density at radius 1 is 0.923 bits per heavy atom. The lowest BCUT2D eigenvalue weighted by molar-refractivity contribution is -0.133. The maximum absolute atomic E-state index is 13.7. The number of anilines is 1. The van der Waals surface area contributed by atoms with Gasteiger partial charge in [-0.3, -0.25) is 4.79 Å². The molecule has 11 nitrogen and oxygen atoms in total. The van der Waals surface area contributed by atoms with E-state index in [0.29, 0.717) is 34.4 Å². The Bertz CT molecular complexity index is 1290. The molecule has 1 aromatic heterocycles. The van der Waals surface area contributed by atoms with E-state index in [1.54, 1.807) is 30.2 Å². The van der Waals surface area contributed by atoms with Crippen molar-refractivity contribution in [2.75, 3.05) is 53.1 Å². The van der Waals surface area contributed by atoms with E-state index in [2.05, 4.69) is 5.32 Å². The summed E-state index contributed by atoms with van der Waals surface area (Å²) < 4.78 is 32.5. The van der Waals surface area contributed by atoms with Crippen LogP contribution >= 0.6 is 0 Å². The first-order chi connectivity index (χ1) is 18.9. The molecule has 1 aliphatic rings. The predicted octanol–water partition coefficient (Wildman–Crippen LogP) is 4.04. The maximum atomic E-state index is 13.7. The van der Waals surface area contributed by atoms with Crippen molar-refractivity contribution in [3.8, 4) is 23.0 Å². The van der Waals surface area contributed by atoms with Gasteiger partial charge in [-0.25, -0.2) is 4.79 Å². The van der Waals surface area contributed by atoms with Crippen molar-refractivity contribution < 1.29 is 37.7 Å². The highest BCUT2D eigenvalue weighted by molar-refractivity contribution is 5.93. The molecule has 1 N–H and O–H groups in total. The number of hydrogen-bond acceptors (Lipinski definition) is 8. The van der Waals surface area contributed by atoms with Gasteiger partial charge in [-0.2, -0.15) is 0 Å². The number of fused-ring (bicyclic) bond motifs is 1. The minimum Gasteiger partial charge on any atom is -0.497 e. The summed E-state index contributed by atoms with van der Waals surface area (Å²) in [6, 6.07) is 13.8. The highest BCUT2D eigenvalue weighted by Gasteiger charge is 2.24. The van der Waals surface area contributed by atoms with Crippen LogP contribution in [0.3, 0.4) is 0 Å². The quantitative estimate of drug-likeness (QED) is 0.367. The average Bonchev–Trinajstić information content (AvgIpc) is 3.58. The topological polar surface area (TPSA) is 112 Å². The molecule has 3 amide bonds. The molecule has 2 heterocycles. The molecular weight excluding hydrogens is 506 g/mol. The fourth-order valence-corrected chi connectivity index (χ4v) is 4.06. The highest BCUT2D eigenvalue weighted by atomic mass is 16.7. The molecule has 4 rings (SSSR count). The van der Waals surface area contributed by atoms with Crippen molar-refractivity contribution in [2.45, 2.75) is 20.0 Å². The van der Waals surface area contributed by atoms with Gasteiger partial charge < -0.3 is 43.2 Å². The van der Waals surface area contributed by atoms with Crippen molar-refractivity contribution in [1.82, 2.24) is 9.80 Å². The number of carbonyl (C=O) groups excluding carboxylic acids is 2. The number of ether oxygens (including phenoxy) is 5. The van der Waals surface area contributed by atoms with E-state index in [4.69, 9.17) is 28.1 Å². The van der Waals surface area contributed by atoms with Crippen molar-refractivity contribution in [3.63, 3.8) is 0 Å². The van der Waals surface area contributed by atoms with E-state index < -0.39 is 6.03 Å². The second kappa shape index (κ2) is 12.9. The highest BCUT2D eigenvalue weighted by Crippen LogP contribution is 2.33. The zero-order chi connectivity index (χ0) is 27.8. The first kappa shape index (κ1) is 27.6. The molecule has 0 spiro atoms. The third kappa shape index (κ3) is 7.14. The standard InChI is InChI=1S/C28H33N3O8/c1-19-5-7-22(39-19)16-31(15-20-6-10-24-26(13-20)38-18-37-24)27(32)17-30(11-12-34-2)28(33)29-23-9-8-21(35-3)14-25(23)36-4/h5-10,13-14H,11-12,15-18H2,1-4H3,(H,29,33). The summed E-state index contributed by atoms with van der Waals surface area (Å²) in [6.45, 7) is 2.78. The van der Waals surface area contributed by atoms with E-state index in [1.165, 1.54) is 19.1 Å². The molecule has 3 aromatic rings. The second-order valence-electron chi connectivity index (χ2n) is 8.86. The van der Waals surface area contributed by atoms with Crippen LogP contribution in [0, 0.1) is 6.92 Å². The zero-order valence-corrected chi connectivity index (χ0v) is 22.5. The number of urea groups is 1. The maximum Gasteiger partial charge on any atom is 0.322 e. The Labute approximate surface area is 227 Å². The van der Waals surface area contributed by atoms with E-state index in [-0.39, 0.29) is 45.5 Å². The summed E-state index contributed by atoms with van der Waals surface area (Å²) in [4.78, 5) is 30.0. The Balaban J connectivity index is 1.52. The van der Waals surface area contributed by atoms with E-state index in [1.807, 2.05) is 37.3 Å². The second-order valence-corrected chi connectivity index (χ2v) is 8.86. The summed E-state index contributed by atoms with van der Waals surface area (Å²) in [5, 5.41) is 2.83. The predicted molar refractivity (Wildman–Crippen MR) is 142 cm³/mol. The van der Waals surface area contributed by atoms with Crippen LogP contribution in [0.5, 0.6) is 23.0 Å². The summed E-state index contributed by atoms with van der Waals surface area (Å²) in [5.74, 6) is 3.42. The number of methoxy groups -OCH3 is 3.